The smallest absolute Gasteiger partial charge is 0.238 e. The molecule has 2 fully saturated rings. The highest BCUT2D eigenvalue weighted by molar-refractivity contribution is 7.99. The first-order valence-corrected chi connectivity index (χ1v) is 9.16. The second-order valence-electron chi connectivity index (χ2n) is 6.18. The third kappa shape index (κ3) is 5.69. The van der Waals surface area contributed by atoms with E-state index < -0.39 is 0 Å². The Kier molecular flexibility index (Phi) is 9.19. The maximum Gasteiger partial charge on any atom is 0.238 e. The van der Waals surface area contributed by atoms with E-state index in [9.17, 15) is 4.79 Å². The summed E-state index contributed by atoms with van der Waals surface area (Å²) in [6.45, 7) is 5.05. The third-order valence-electron chi connectivity index (χ3n) is 4.42. The molecule has 0 aliphatic carbocycles. The first kappa shape index (κ1) is 21.4. The van der Waals surface area contributed by atoms with Crippen LogP contribution >= 0.6 is 36.6 Å². The molecule has 2 aliphatic rings. The SMILES string of the molecule is CC1CCN(c2ccc(CNC(=O)C3CSCN3)cn2)CC1.Cl.Cl. The highest BCUT2D eigenvalue weighted by Gasteiger charge is 2.22. The van der Waals surface area contributed by atoms with Crippen LogP contribution in [0.25, 0.3) is 0 Å². The lowest BCUT2D eigenvalue weighted by Gasteiger charge is -2.31. The quantitative estimate of drug-likeness (QED) is 0.823. The number of halogens is 2. The number of carbonyl (C=O) groups is 1. The van der Waals surface area contributed by atoms with Gasteiger partial charge >= 0.3 is 0 Å². The minimum atomic E-state index is -0.0485. The number of carbonyl (C=O) groups excluding carboxylic acids is 1. The van der Waals surface area contributed by atoms with Crippen molar-refractivity contribution >= 4 is 48.3 Å². The van der Waals surface area contributed by atoms with Crippen molar-refractivity contribution in [2.24, 2.45) is 5.92 Å². The number of pyridine rings is 1. The predicted molar refractivity (Wildman–Crippen MR) is 105 cm³/mol. The summed E-state index contributed by atoms with van der Waals surface area (Å²) in [5.41, 5.74) is 1.05. The molecule has 1 amide bonds. The zero-order valence-corrected chi connectivity index (χ0v) is 16.3. The average Bonchev–Trinajstić information content (AvgIpc) is 3.08. The lowest BCUT2D eigenvalue weighted by molar-refractivity contribution is -0.122. The summed E-state index contributed by atoms with van der Waals surface area (Å²) in [6.07, 6.45) is 4.36. The van der Waals surface area contributed by atoms with Crippen LogP contribution in [0.1, 0.15) is 25.3 Å². The number of hydrogen-bond donors (Lipinski definition) is 2. The Morgan fingerprint density at radius 2 is 2.12 bits per heavy atom. The minimum Gasteiger partial charge on any atom is -0.357 e. The lowest BCUT2D eigenvalue weighted by atomic mass is 9.99. The Labute approximate surface area is 160 Å². The zero-order valence-electron chi connectivity index (χ0n) is 13.9. The van der Waals surface area contributed by atoms with Crippen LogP contribution in [-0.4, -0.2) is 41.7 Å². The van der Waals surface area contributed by atoms with Crippen LogP contribution in [0.2, 0.25) is 0 Å². The van der Waals surface area contributed by atoms with E-state index >= 15 is 0 Å². The van der Waals surface area contributed by atoms with E-state index in [1.807, 2.05) is 6.20 Å². The molecule has 1 aromatic heterocycles. The van der Waals surface area contributed by atoms with Crippen LogP contribution in [0.15, 0.2) is 18.3 Å². The molecule has 1 atom stereocenters. The van der Waals surface area contributed by atoms with Gasteiger partial charge in [-0.1, -0.05) is 13.0 Å². The molecule has 8 heteroatoms. The summed E-state index contributed by atoms with van der Waals surface area (Å²) in [7, 11) is 0. The van der Waals surface area contributed by atoms with E-state index in [0.29, 0.717) is 6.54 Å². The number of thioether (sulfide) groups is 1. The largest absolute Gasteiger partial charge is 0.357 e. The number of hydrogen-bond acceptors (Lipinski definition) is 5. The number of amides is 1. The summed E-state index contributed by atoms with van der Waals surface area (Å²) < 4.78 is 0. The summed E-state index contributed by atoms with van der Waals surface area (Å²) in [5, 5.41) is 6.15. The van der Waals surface area contributed by atoms with E-state index in [1.165, 1.54) is 12.8 Å². The normalized spacial score (nSPS) is 20.9. The summed E-state index contributed by atoms with van der Waals surface area (Å²) in [6, 6.07) is 4.09. The van der Waals surface area contributed by atoms with Crippen molar-refractivity contribution in [2.75, 3.05) is 29.6 Å². The van der Waals surface area contributed by atoms with E-state index in [4.69, 9.17) is 0 Å². The van der Waals surface area contributed by atoms with Gasteiger partial charge in [0.05, 0.1) is 6.04 Å². The molecule has 2 saturated heterocycles. The van der Waals surface area contributed by atoms with Gasteiger partial charge in [-0.3, -0.25) is 10.1 Å². The van der Waals surface area contributed by atoms with Crippen molar-refractivity contribution in [3.63, 3.8) is 0 Å². The molecule has 0 radical (unpaired) electrons. The van der Waals surface area contributed by atoms with Crippen LogP contribution in [-0.2, 0) is 11.3 Å². The fraction of sp³-hybridized carbons (Fsp3) is 0.625. The Bertz CT molecular complexity index is 503. The van der Waals surface area contributed by atoms with Gasteiger partial charge in [0.1, 0.15) is 5.82 Å². The molecule has 0 saturated carbocycles. The Morgan fingerprint density at radius 1 is 1.38 bits per heavy atom. The van der Waals surface area contributed by atoms with E-state index in [-0.39, 0.29) is 36.8 Å². The molecule has 2 N–H and O–H groups in total. The van der Waals surface area contributed by atoms with Crippen LogP contribution in [0.4, 0.5) is 5.82 Å². The monoisotopic (exact) mass is 392 g/mol. The number of anilines is 1. The second-order valence-corrected chi connectivity index (χ2v) is 7.21. The molecule has 1 aromatic rings. The Hall–Kier alpha value is -0.690. The fourth-order valence-corrected chi connectivity index (χ4v) is 3.76. The standard InChI is InChI=1S/C16H24N4OS.2ClH/c1-12-4-6-20(7-5-12)15-3-2-13(8-17-15)9-18-16(21)14-10-22-11-19-14;;/h2-3,8,12,14,19H,4-7,9-11H2,1H3,(H,18,21);2*1H. The van der Waals surface area contributed by atoms with Gasteiger partial charge in [0, 0.05) is 37.5 Å². The van der Waals surface area contributed by atoms with Crippen LogP contribution in [0.3, 0.4) is 0 Å². The van der Waals surface area contributed by atoms with Crippen LogP contribution < -0.4 is 15.5 Å². The minimum absolute atomic E-state index is 0. The van der Waals surface area contributed by atoms with Crippen LogP contribution in [0.5, 0.6) is 0 Å². The highest BCUT2D eigenvalue weighted by Crippen LogP contribution is 2.21. The van der Waals surface area contributed by atoms with Gasteiger partial charge in [-0.05, 0) is 30.4 Å². The summed E-state index contributed by atoms with van der Waals surface area (Å²) >= 11 is 1.76. The Morgan fingerprint density at radius 3 is 2.71 bits per heavy atom. The molecular weight excluding hydrogens is 367 g/mol. The number of aromatic nitrogens is 1. The molecule has 2 aliphatic heterocycles. The average molecular weight is 393 g/mol. The fourth-order valence-electron chi connectivity index (χ4n) is 2.82. The number of rotatable bonds is 4. The molecule has 24 heavy (non-hydrogen) atoms. The molecule has 0 spiro atoms. The highest BCUT2D eigenvalue weighted by atomic mass is 35.5. The van der Waals surface area contributed by atoms with Gasteiger partial charge in [-0.15, -0.1) is 36.6 Å². The second kappa shape index (κ2) is 10.3. The van der Waals surface area contributed by atoms with E-state index in [0.717, 1.165) is 42.0 Å². The van der Waals surface area contributed by atoms with Crippen molar-refractivity contribution in [3.8, 4) is 0 Å². The van der Waals surface area contributed by atoms with Gasteiger partial charge in [0.25, 0.3) is 0 Å². The van der Waals surface area contributed by atoms with Crippen molar-refractivity contribution < 1.29 is 4.79 Å². The summed E-state index contributed by atoms with van der Waals surface area (Å²) in [4.78, 5) is 18.9. The first-order valence-electron chi connectivity index (χ1n) is 8.01. The maximum absolute atomic E-state index is 11.9. The molecule has 0 aromatic carbocycles. The third-order valence-corrected chi connectivity index (χ3v) is 5.36. The Balaban J connectivity index is 0.00000144. The zero-order chi connectivity index (χ0) is 15.4. The molecule has 136 valence electrons. The topological polar surface area (TPSA) is 57.3 Å². The maximum atomic E-state index is 11.9. The number of nitrogens with one attached hydrogen (secondary N) is 2. The van der Waals surface area contributed by atoms with Crippen molar-refractivity contribution in [3.05, 3.63) is 23.9 Å². The molecule has 1 unspecified atom stereocenters. The molecular formula is C16H26Cl2N4OS. The number of piperidine rings is 1. The van der Waals surface area contributed by atoms with Gasteiger partial charge in [0.15, 0.2) is 0 Å². The lowest BCUT2D eigenvalue weighted by Crippen LogP contribution is -2.41. The molecule has 5 nitrogen and oxygen atoms in total. The van der Waals surface area contributed by atoms with E-state index in [2.05, 4.69) is 39.6 Å². The van der Waals surface area contributed by atoms with Crippen molar-refractivity contribution in [1.29, 1.82) is 0 Å². The summed E-state index contributed by atoms with van der Waals surface area (Å²) in [5.74, 6) is 3.68. The van der Waals surface area contributed by atoms with Gasteiger partial charge in [-0.2, -0.15) is 0 Å². The van der Waals surface area contributed by atoms with Crippen molar-refractivity contribution in [2.45, 2.75) is 32.4 Å². The first-order chi connectivity index (χ1) is 10.7. The van der Waals surface area contributed by atoms with Crippen LogP contribution in [0, 0.1) is 5.92 Å². The van der Waals surface area contributed by atoms with E-state index in [1.54, 1.807) is 11.8 Å². The molecule has 0 bridgehead atoms. The van der Waals surface area contributed by atoms with Crippen molar-refractivity contribution in [1.82, 2.24) is 15.6 Å². The molecule has 3 heterocycles. The van der Waals surface area contributed by atoms with Gasteiger partial charge in [-0.25, -0.2) is 4.98 Å². The van der Waals surface area contributed by atoms with Gasteiger partial charge in [0.2, 0.25) is 5.91 Å². The predicted octanol–water partition coefficient (Wildman–Crippen LogP) is 2.44. The molecule has 3 rings (SSSR count). The number of nitrogens with zero attached hydrogens (tertiary/aromatic N) is 2. The van der Waals surface area contributed by atoms with Gasteiger partial charge < -0.3 is 10.2 Å².